The smallest absolute Gasteiger partial charge is 0.245 e. The van der Waals surface area contributed by atoms with Gasteiger partial charge in [-0.3, -0.25) is 0 Å². The first-order chi connectivity index (χ1) is 15.8. The predicted molar refractivity (Wildman–Crippen MR) is 122 cm³/mol. The van der Waals surface area contributed by atoms with Gasteiger partial charge in [0.25, 0.3) is 0 Å². The third-order valence-corrected chi connectivity index (χ3v) is 7.14. The maximum absolute atomic E-state index is 12.9. The van der Waals surface area contributed by atoms with Gasteiger partial charge in [-0.1, -0.05) is 24.3 Å². The predicted octanol–water partition coefficient (Wildman–Crippen LogP) is -0.276. The summed E-state index contributed by atoms with van der Waals surface area (Å²) in [5.74, 6) is 0.298. The van der Waals surface area contributed by atoms with Gasteiger partial charge in [-0.25, -0.2) is 18.1 Å². The number of hydrogen-bond donors (Lipinski definition) is 6. The fourth-order valence-electron chi connectivity index (χ4n) is 3.31. The molecule has 33 heavy (non-hydrogen) atoms. The van der Waals surface area contributed by atoms with Crippen LogP contribution in [-0.4, -0.2) is 56.7 Å². The van der Waals surface area contributed by atoms with Gasteiger partial charge < -0.3 is 21.0 Å². The first-order valence-electron chi connectivity index (χ1n) is 9.50. The number of benzene rings is 2. The number of nitrogens with two attached hydrogens (primary N) is 3. The number of H-pyrrole nitrogens is 2. The lowest BCUT2D eigenvalue weighted by Crippen LogP contribution is -2.31. The fraction of sp³-hybridized carbons (Fsp3) is 0.111. The third kappa shape index (κ3) is 4.58. The van der Waals surface area contributed by atoms with Gasteiger partial charge in [0, 0.05) is 24.8 Å². The zero-order valence-electron chi connectivity index (χ0n) is 17.0. The molecular weight excluding hydrogens is 468 g/mol. The van der Waals surface area contributed by atoms with Gasteiger partial charge in [-0.05, 0) is 28.5 Å². The second-order valence-electron chi connectivity index (χ2n) is 6.79. The second kappa shape index (κ2) is 9.26. The maximum atomic E-state index is 12.9. The quantitative estimate of drug-likeness (QED) is 0.178. The van der Waals surface area contributed by atoms with Crippen LogP contribution >= 0.6 is 0 Å². The van der Waals surface area contributed by atoms with Crippen LogP contribution in [0.15, 0.2) is 52.4 Å². The summed E-state index contributed by atoms with van der Waals surface area (Å²) in [6.45, 7) is 0.0771. The number of rotatable bonds is 8. The highest BCUT2D eigenvalue weighted by Gasteiger charge is 2.32. The minimum absolute atomic E-state index is 0.00683. The summed E-state index contributed by atoms with van der Waals surface area (Å²) in [5, 5.41) is 19.6. The first kappa shape index (κ1) is 22.8. The van der Waals surface area contributed by atoms with Gasteiger partial charge in [0.05, 0.1) is 22.6 Å². The van der Waals surface area contributed by atoms with Crippen LogP contribution in [0.2, 0.25) is 0 Å². The molecule has 9 N–H and O–H groups in total. The van der Waals surface area contributed by atoms with Crippen LogP contribution in [0, 0.1) is 0 Å². The molecule has 13 nitrogen and oxygen atoms in total. The van der Waals surface area contributed by atoms with E-state index >= 15 is 0 Å². The van der Waals surface area contributed by atoms with Gasteiger partial charge in [-0.2, -0.15) is 5.21 Å². The summed E-state index contributed by atoms with van der Waals surface area (Å²) in [5.41, 5.74) is 13.8. The van der Waals surface area contributed by atoms with Crippen molar-refractivity contribution in [2.45, 2.75) is 9.79 Å². The molecule has 0 saturated heterocycles. The average Bonchev–Trinajstić information content (AvgIpc) is 3.49. The van der Waals surface area contributed by atoms with Crippen molar-refractivity contribution in [2.24, 2.45) is 10.9 Å². The van der Waals surface area contributed by atoms with Crippen LogP contribution in [-0.2, 0) is 21.4 Å². The molecule has 0 amide bonds. The SMILES string of the molecule is NCCNS(=O)(=O)c1ccc(-c2cccc(-c3c[nH]c(N)n3)c2)c(-c2nn[nH]n2)c1[S+](N)[O-]. The zero-order valence-corrected chi connectivity index (χ0v) is 18.7. The molecule has 0 aliphatic carbocycles. The Bertz CT molecular complexity index is 1370. The summed E-state index contributed by atoms with van der Waals surface area (Å²) in [6, 6.07) is 10.1. The number of tetrazole rings is 1. The number of aromatic amines is 2. The van der Waals surface area contributed by atoms with Crippen molar-refractivity contribution in [1.82, 2.24) is 35.3 Å². The van der Waals surface area contributed by atoms with Crippen LogP contribution < -0.4 is 21.3 Å². The molecule has 2 aromatic heterocycles. The fourth-order valence-corrected chi connectivity index (χ4v) is 5.69. The Hall–Kier alpha value is -3.34. The van der Waals surface area contributed by atoms with E-state index in [0.717, 1.165) is 5.56 Å². The van der Waals surface area contributed by atoms with Crippen molar-refractivity contribution in [3.8, 4) is 33.8 Å². The number of hydrogen-bond acceptors (Lipinski definition) is 10. The normalized spacial score (nSPS) is 12.7. The number of aromatic nitrogens is 6. The topological polar surface area (TPSA) is 230 Å². The van der Waals surface area contributed by atoms with Gasteiger partial charge in [0.15, 0.2) is 5.95 Å². The molecule has 0 saturated carbocycles. The van der Waals surface area contributed by atoms with Gasteiger partial charge in [-0.15, -0.1) is 15.3 Å². The number of nitrogens with one attached hydrogen (secondary N) is 3. The van der Waals surface area contributed by atoms with Crippen molar-refractivity contribution >= 4 is 27.3 Å². The molecule has 4 rings (SSSR count). The Balaban J connectivity index is 1.96. The van der Waals surface area contributed by atoms with E-state index in [1.54, 1.807) is 24.4 Å². The Labute approximate surface area is 191 Å². The molecule has 2 aromatic carbocycles. The molecule has 0 bridgehead atoms. The van der Waals surface area contributed by atoms with Crippen molar-refractivity contribution in [2.75, 3.05) is 18.8 Å². The van der Waals surface area contributed by atoms with E-state index in [1.165, 1.54) is 6.07 Å². The molecule has 4 aromatic rings. The van der Waals surface area contributed by atoms with E-state index < -0.39 is 21.4 Å². The number of nitrogen functional groups attached to an aromatic ring is 1. The standard InChI is InChI=1S/C18H20N10O3S2/c19-6-7-23-33(30,31)14-5-4-12(15(16(14)32(21)29)17-25-27-28-26-17)10-2-1-3-11(8-10)13-9-22-18(20)24-13/h1-5,8-9,23H,6-7,19,21H2,(H3,20,22,24)(H,25,26,27,28). The highest BCUT2D eigenvalue weighted by atomic mass is 32.2. The monoisotopic (exact) mass is 488 g/mol. The van der Waals surface area contributed by atoms with E-state index in [-0.39, 0.29) is 40.2 Å². The Kier molecular flexibility index (Phi) is 6.41. The molecule has 2 heterocycles. The minimum atomic E-state index is -4.08. The molecule has 1 unspecified atom stereocenters. The van der Waals surface area contributed by atoms with Crippen molar-refractivity contribution in [1.29, 1.82) is 0 Å². The van der Waals surface area contributed by atoms with E-state index in [0.29, 0.717) is 16.8 Å². The van der Waals surface area contributed by atoms with Crippen LogP contribution in [0.4, 0.5) is 5.95 Å². The molecule has 0 fully saturated rings. The molecule has 1 atom stereocenters. The number of imidazole rings is 1. The van der Waals surface area contributed by atoms with E-state index in [1.807, 2.05) is 12.1 Å². The van der Waals surface area contributed by atoms with Crippen LogP contribution in [0.3, 0.4) is 0 Å². The van der Waals surface area contributed by atoms with E-state index in [4.69, 9.17) is 16.6 Å². The van der Waals surface area contributed by atoms with Crippen LogP contribution in [0.25, 0.3) is 33.8 Å². The molecule has 172 valence electrons. The van der Waals surface area contributed by atoms with Gasteiger partial charge >= 0.3 is 0 Å². The molecule has 0 aliphatic rings. The third-order valence-electron chi connectivity index (χ3n) is 4.68. The summed E-state index contributed by atoms with van der Waals surface area (Å²) >= 11 is -2.22. The highest BCUT2D eigenvalue weighted by molar-refractivity contribution is 7.92. The Morgan fingerprint density at radius 1 is 1.18 bits per heavy atom. The maximum Gasteiger partial charge on any atom is 0.245 e. The Morgan fingerprint density at radius 2 is 1.97 bits per heavy atom. The molecular formula is C18H20N10O3S2. The van der Waals surface area contributed by atoms with Crippen LogP contribution in [0.1, 0.15) is 0 Å². The van der Waals surface area contributed by atoms with E-state index in [2.05, 4.69) is 35.3 Å². The summed E-state index contributed by atoms with van der Waals surface area (Å²) < 4.78 is 40.8. The summed E-state index contributed by atoms with van der Waals surface area (Å²) in [4.78, 5) is 6.62. The molecule has 0 spiro atoms. The largest absolute Gasteiger partial charge is 0.593 e. The molecule has 0 aliphatic heterocycles. The number of sulfonamides is 1. The van der Waals surface area contributed by atoms with Gasteiger partial charge in [0.2, 0.25) is 20.7 Å². The summed E-state index contributed by atoms with van der Waals surface area (Å²) in [7, 11) is -4.08. The molecule has 15 heteroatoms. The Morgan fingerprint density at radius 3 is 2.61 bits per heavy atom. The lowest BCUT2D eigenvalue weighted by Gasteiger charge is -2.17. The van der Waals surface area contributed by atoms with Crippen molar-refractivity contribution in [3.63, 3.8) is 0 Å². The number of nitrogens with zero attached hydrogens (tertiary/aromatic N) is 4. The minimum Gasteiger partial charge on any atom is -0.593 e. The average molecular weight is 489 g/mol. The molecule has 0 radical (unpaired) electrons. The number of anilines is 1. The summed E-state index contributed by atoms with van der Waals surface area (Å²) in [6.07, 6.45) is 1.66. The second-order valence-corrected chi connectivity index (χ2v) is 9.52. The van der Waals surface area contributed by atoms with E-state index in [9.17, 15) is 13.0 Å². The van der Waals surface area contributed by atoms with Crippen LogP contribution in [0.5, 0.6) is 0 Å². The first-order valence-corrected chi connectivity index (χ1v) is 12.2. The van der Waals surface area contributed by atoms with Crippen molar-refractivity contribution < 1.29 is 13.0 Å². The van der Waals surface area contributed by atoms with Gasteiger partial charge in [0.1, 0.15) is 4.90 Å². The van der Waals surface area contributed by atoms with Crippen molar-refractivity contribution in [3.05, 3.63) is 42.6 Å². The lowest BCUT2D eigenvalue weighted by molar-refractivity contribution is 0.574. The lowest BCUT2D eigenvalue weighted by atomic mass is 9.97. The highest BCUT2D eigenvalue weighted by Crippen LogP contribution is 2.39. The zero-order chi connectivity index (χ0) is 23.6.